The number of carbonyl (C=O) groups excluding carboxylic acids is 3. The molecule has 3 unspecified atom stereocenters. The lowest BCUT2D eigenvalue weighted by Crippen LogP contribution is -2.51. The Labute approximate surface area is 109 Å². The van der Waals surface area contributed by atoms with E-state index in [0.717, 1.165) is 0 Å². The largest absolute Gasteiger partial charge is 0.379 e. The standard InChI is InChI=1S/C11H16N4O4/c12-7-4-19-3-6(7)8(16)15-2-1-11(5-15)9(17)13-10(18)14-11/h6-7H,1-5,12H2,(H2,13,14,17,18). The van der Waals surface area contributed by atoms with Gasteiger partial charge in [-0.1, -0.05) is 0 Å². The second-order valence-corrected chi connectivity index (χ2v) is 5.31. The Hall–Kier alpha value is -1.67. The zero-order valence-electron chi connectivity index (χ0n) is 10.3. The Balaban J connectivity index is 1.70. The van der Waals surface area contributed by atoms with E-state index in [2.05, 4.69) is 10.6 Å². The molecule has 3 saturated heterocycles. The van der Waals surface area contributed by atoms with Gasteiger partial charge in [0.05, 0.1) is 25.7 Å². The highest BCUT2D eigenvalue weighted by atomic mass is 16.5. The molecule has 104 valence electrons. The zero-order chi connectivity index (χ0) is 13.6. The van der Waals surface area contributed by atoms with E-state index in [1.807, 2.05) is 0 Å². The Morgan fingerprint density at radius 3 is 2.79 bits per heavy atom. The molecule has 0 aliphatic carbocycles. The van der Waals surface area contributed by atoms with Crippen molar-refractivity contribution in [1.29, 1.82) is 0 Å². The van der Waals surface area contributed by atoms with E-state index in [9.17, 15) is 14.4 Å². The van der Waals surface area contributed by atoms with Gasteiger partial charge in [-0.3, -0.25) is 14.9 Å². The van der Waals surface area contributed by atoms with Gasteiger partial charge in [0.1, 0.15) is 5.54 Å². The molecule has 1 spiro atoms. The molecule has 19 heavy (non-hydrogen) atoms. The summed E-state index contributed by atoms with van der Waals surface area (Å²) in [6.07, 6.45) is 0.430. The monoisotopic (exact) mass is 268 g/mol. The van der Waals surface area contributed by atoms with Gasteiger partial charge < -0.3 is 20.7 Å². The van der Waals surface area contributed by atoms with E-state index in [4.69, 9.17) is 10.5 Å². The summed E-state index contributed by atoms with van der Waals surface area (Å²) in [5.41, 5.74) is 4.86. The molecule has 0 radical (unpaired) electrons. The Kier molecular flexibility index (Phi) is 2.72. The highest BCUT2D eigenvalue weighted by molar-refractivity contribution is 6.07. The Morgan fingerprint density at radius 1 is 1.42 bits per heavy atom. The smallest absolute Gasteiger partial charge is 0.322 e. The highest BCUT2D eigenvalue weighted by Crippen LogP contribution is 2.27. The van der Waals surface area contributed by atoms with E-state index < -0.39 is 11.6 Å². The van der Waals surface area contributed by atoms with Crippen LogP contribution in [-0.4, -0.2) is 60.6 Å². The van der Waals surface area contributed by atoms with Gasteiger partial charge in [0.15, 0.2) is 0 Å². The summed E-state index contributed by atoms with van der Waals surface area (Å²) < 4.78 is 5.18. The number of imide groups is 1. The van der Waals surface area contributed by atoms with Crippen molar-refractivity contribution >= 4 is 17.8 Å². The molecule has 4 N–H and O–H groups in total. The van der Waals surface area contributed by atoms with Crippen LogP contribution in [0.5, 0.6) is 0 Å². The van der Waals surface area contributed by atoms with Crippen LogP contribution in [0.2, 0.25) is 0 Å². The number of hydrogen-bond donors (Lipinski definition) is 3. The van der Waals surface area contributed by atoms with Crippen LogP contribution in [-0.2, 0) is 14.3 Å². The molecule has 8 nitrogen and oxygen atoms in total. The maximum absolute atomic E-state index is 12.3. The molecule has 3 heterocycles. The average molecular weight is 268 g/mol. The summed E-state index contributed by atoms with van der Waals surface area (Å²) in [4.78, 5) is 36.9. The number of likely N-dealkylation sites (tertiary alicyclic amines) is 1. The van der Waals surface area contributed by atoms with Crippen LogP contribution in [0.3, 0.4) is 0 Å². The number of carbonyl (C=O) groups is 3. The van der Waals surface area contributed by atoms with E-state index in [-0.39, 0.29) is 30.3 Å². The van der Waals surface area contributed by atoms with Gasteiger partial charge in [-0.15, -0.1) is 0 Å². The summed E-state index contributed by atoms with van der Waals surface area (Å²) in [6, 6.07) is -0.795. The molecule has 3 atom stereocenters. The first-order valence-electron chi connectivity index (χ1n) is 6.27. The van der Waals surface area contributed by atoms with Crippen LogP contribution in [0.15, 0.2) is 0 Å². The number of nitrogens with zero attached hydrogens (tertiary/aromatic N) is 1. The zero-order valence-corrected chi connectivity index (χ0v) is 10.3. The summed E-state index contributed by atoms with van der Waals surface area (Å²) in [5, 5.41) is 4.82. The molecule has 3 fully saturated rings. The molecule has 0 bridgehead atoms. The fourth-order valence-electron chi connectivity index (χ4n) is 2.87. The molecular formula is C11H16N4O4. The minimum atomic E-state index is -0.962. The van der Waals surface area contributed by atoms with Gasteiger partial charge in [-0.25, -0.2) is 4.79 Å². The molecule has 3 aliphatic heterocycles. The number of rotatable bonds is 1. The molecular weight excluding hydrogens is 252 g/mol. The molecule has 0 aromatic carbocycles. The normalized spacial score (nSPS) is 37.8. The van der Waals surface area contributed by atoms with Crippen LogP contribution in [0.4, 0.5) is 4.79 Å². The third kappa shape index (κ3) is 1.87. The van der Waals surface area contributed by atoms with Crippen LogP contribution in [0.1, 0.15) is 6.42 Å². The molecule has 0 saturated carbocycles. The predicted octanol–water partition coefficient (Wildman–Crippen LogP) is -2.23. The van der Waals surface area contributed by atoms with Crippen molar-refractivity contribution in [3.05, 3.63) is 0 Å². The van der Waals surface area contributed by atoms with E-state index in [1.165, 1.54) is 0 Å². The molecule has 3 aliphatic rings. The van der Waals surface area contributed by atoms with Gasteiger partial charge in [-0.05, 0) is 6.42 Å². The number of amides is 4. The first-order valence-corrected chi connectivity index (χ1v) is 6.27. The quantitative estimate of drug-likeness (QED) is 0.466. The fraction of sp³-hybridized carbons (Fsp3) is 0.727. The minimum absolute atomic E-state index is 0.101. The van der Waals surface area contributed by atoms with Crippen LogP contribution >= 0.6 is 0 Å². The van der Waals surface area contributed by atoms with E-state index >= 15 is 0 Å². The van der Waals surface area contributed by atoms with Gasteiger partial charge in [0.25, 0.3) is 5.91 Å². The summed E-state index contributed by atoms with van der Waals surface area (Å²) in [5.74, 6) is -0.814. The first-order chi connectivity index (χ1) is 9.02. The number of nitrogens with one attached hydrogen (secondary N) is 2. The van der Waals surface area contributed by atoms with Crippen molar-refractivity contribution in [3.63, 3.8) is 0 Å². The van der Waals surface area contributed by atoms with E-state index in [0.29, 0.717) is 26.2 Å². The average Bonchev–Trinajstić information content (AvgIpc) is 3.01. The third-order valence-electron chi connectivity index (χ3n) is 4.04. The third-order valence-corrected chi connectivity index (χ3v) is 4.04. The fourth-order valence-corrected chi connectivity index (χ4v) is 2.87. The van der Waals surface area contributed by atoms with Crippen LogP contribution < -0.4 is 16.4 Å². The molecule has 0 aromatic heterocycles. The highest BCUT2D eigenvalue weighted by Gasteiger charge is 2.52. The summed E-state index contributed by atoms with van der Waals surface area (Å²) in [6.45, 7) is 1.34. The van der Waals surface area contributed by atoms with Gasteiger partial charge >= 0.3 is 6.03 Å². The SMILES string of the molecule is NC1COCC1C(=O)N1CCC2(C1)NC(=O)NC2=O. The predicted molar refractivity (Wildman–Crippen MR) is 62.9 cm³/mol. The second-order valence-electron chi connectivity index (χ2n) is 5.31. The summed E-state index contributed by atoms with van der Waals surface area (Å²) >= 11 is 0. The van der Waals surface area contributed by atoms with Crippen molar-refractivity contribution in [2.45, 2.75) is 18.0 Å². The van der Waals surface area contributed by atoms with Gasteiger partial charge in [0.2, 0.25) is 5.91 Å². The lowest BCUT2D eigenvalue weighted by Gasteiger charge is -2.24. The first kappa shape index (κ1) is 12.4. The Bertz CT molecular complexity index is 454. The lowest BCUT2D eigenvalue weighted by molar-refractivity contribution is -0.135. The number of nitrogens with two attached hydrogens (primary N) is 1. The van der Waals surface area contributed by atoms with Crippen molar-refractivity contribution in [2.24, 2.45) is 11.7 Å². The Morgan fingerprint density at radius 2 is 2.21 bits per heavy atom. The molecule has 4 amide bonds. The summed E-state index contributed by atoms with van der Waals surface area (Å²) in [7, 11) is 0. The second kappa shape index (κ2) is 4.17. The number of urea groups is 1. The maximum atomic E-state index is 12.3. The van der Waals surface area contributed by atoms with Crippen molar-refractivity contribution in [2.75, 3.05) is 26.3 Å². The molecule has 3 rings (SSSR count). The number of hydrogen-bond acceptors (Lipinski definition) is 5. The lowest BCUT2D eigenvalue weighted by atomic mass is 9.99. The maximum Gasteiger partial charge on any atom is 0.322 e. The van der Waals surface area contributed by atoms with Crippen LogP contribution in [0.25, 0.3) is 0 Å². The van der Waals surface area contributed by atoms with Gasteiger partial charge in [0, 0.05) is 12.6 Å². The van der Waals surface area contributed by atoms with Gasteiger partial charge in [-0.2, -0.15) is 0 Å². The van der Waals surface area contributed by atoms with Crippen molar-refractivity contribution in [1.82, 2.24) is 15.5 Å². The topological polar surface area (TPSA) is 114 Å². The van der Waals surface area contributed by atoms with E-state index in [1.54, 1.807) is 4.90 Å². The van der Waals surface area contributed by atoms with Crippen molar-refractivity contribution in [3.8, 4) is 0 Å². The van der Waals surface area contributed by atoms with Crippen LogP contribution in [0, 0.1) is 5.92 Å². The molecule has 0 aromatic rings. The number of ether oxygens (including phenoxy) is 1. The minimum Gasteiger partial charge on any atom is -0.379 e. The molecule has 8 heteroatoms. The van der Waals surface area contributed by atoms with Crippen molar-refractivity contribution < 1.29 is 19.1 Å².